The van der Waals surface area contributed by atoms with Gasteiger partial charge in [-0.1, -0.05) is 0 Å². The van der Waals surface area contributed by atoms with Crippen LogP contribution < -0.4 is 0 Å². The minimum Gasteiger partial charge on any atom is -0.377 e. The second-order valence-electron chi connectivity index (χ2n) is 1.84. The number of hydrogen-bond acceptors (Lipinski definition) is 1. The highest BCUT2D eigenvalue weighted by molar-refractivity contribution is 5.03. The zero-order chi connectivity index (χ0) is 5.82. The minimum absolute atomic E-state index is 0.421. The Morgan fingerprint density at radius 2 is 2.50 bits per heavy atom. The average molecular weight is 109 g/mol. The Labute approximate surface area is 50.0 Å². The van der Waals surface area contributed by atoms with Gasteiger partial charge in [-0.05, 0) is 6.42 Å². The van der Waals surface area contributed by atoms with E-state index in [-0.39, 0.29) is 0 Å². The van der Waals surface area contributed by atoms with Crippen LogP contribution in [-0.4, -0.2) is 12.7 Å². The molecule has 1 aliphatic rings. The molecule has 1 atom stereocenters. The summed E-state index contributed by atoms with van der Waals surface area (Å²) in [7, 11) is 0. The molecular formula is C7H9O. The molecule has 1 radical (unpaired) electrons. The van der Waals surface area contributed by atoms with Crippen molar-refractivity contribution in [3.05, 3.63) is 6.92 Å². The Bertz CT molecular complexity index is 114. The van der Waals surface area contributed by atoms with Crippen molar-refractivity contribution in [3.63, 3.8) is 0 Å². The minimum atomic E-state index is 0.421. The van der Waals surface area contributed by atoms with Gasteiger partial charge in [0.25, 0.3) is 0 Å². The molecule has 1 rings (SSSR count). The molecule has 0 aromatic carbocycles. The summed E-state index contributed by atoms with van der Waals surface area (Å²) in [6.07, 6.45) is 2.46. The van der Waals surface area contributed by atoms with Crippen molar-refractivity contribution >= 4 is 0 Å². The van der Waals surface area contributed by atoms with Crippen LogP contribution in [0.25, 0.3) is 0 Å². The Kier molecular flexibility index (Phi) is 1.93. The topological polar surface area (TPSA) is 9.23 Å². The fourth-order valence-corrected chi connectivity index (χ4v) is 0.632. The van der Waals surface area contributed by atoms with Crippen LogP contribution in [0, 0.1) is 18.8 Å². The molecule has 1 nitrogen and oxygen atoms in total. The summed E-state index contributed by atoms with van der Waals surface area (Å²) in [6, 6.07) is 0. The Balaban J connectivity index is 2.07. The highest BCUT2D eigenvalue weighted by Gasteiger charge is 2.15. The summed E-state index contributed by atoms with van der Waals surface area (Å²) in [4.78, 5) is 0. The lowest BCUT2D eigenvalue weighted by molar-refractivity contribution is -0.0463. The van der Waals surface area contributed by atoms with E-state index in [0.29, 0.717) is 6.10 Å². The zero-order valence-electron chi connectivity index (χ0n) is 4.81. The summed E-state index contributed by atoms with van der Waals surface area (Å²) in [5, 5.41) is 0. The molecule has 0 spiro atoms. The third-order valence-electron chi connectivity index (χ3n) is 1.25. The predicted molar refractivity (Wildman–Crippen MR) is 32.1 cm³/mol. The molecule has 1 heteroatoms. The van der Waals surface area contributed by atoms with Gasteiger partial charge in [-0.25, -0.2) is 0 Å². The van der Waals surface area contributed by atoms with Crippen molar-refractivity contribution in [2.24, 2.45) is 0 Å². The summed E-state index contributed by atoms with van der Waals surface area (Å²) < 4.78 is 5.10. The second kappa shape index (κ2) is 2.74. The maximum absolute atomic E-state index is 5.10. The van der Waals surface area contributed by atoms with Crippen LogP contribution in [0.4, 0.5) is 0 Å². The summed E-state index contributed by atoms with van der Waals surface area (Å²) in [5.74, 6) is 5.45. The van der Waals surface area contributed by atoms with Crippen molar-refractivity contribution in [3.8, 4) is 11.8 Å². The van der Waals surface area contributed by atoms with Gasteiger partial charge in [0.1, 0.15) is 0 Å². The smallest absolute Gasteiger partial charge is 0.0706 e. The van der Waals surface area contributed by atoms with E-state index in [2.05, 4.69) is 18.8 Å². The van der Waals surface area contributed by atoms with Crippen LogP contribution in [0.15, 0.2) is 0 Å². The SMILES string of the molecule is [CH2]C#CCC1CCO1. The van der Waals surface area contributed by atoms with Gasteiger partial charge in [0, 0.05) is 20.0 Å². The van der Waals surface area contributed by atoms with Gasteiger partial charge in [0.2, 0.25) is 0 Å². The van der Waals surface area contributed by atoms with Gasteiger partial charge < -0.3 is 4.74 Å². The first kappa shape index (κ1) is 5.65. The molecule has 0 aromatic heterocycles. The lowest BCUT2D eigenvalue weighted by Crippen LogP contribution is -2.25. The Morgan fingerprint density at radius 3 is 2.88 bits per heavy atom. The van der Waals surface area contributed by atoms with E-state index < -0.39 is 0 Å². The van der Waals surface area contributed by atoms with Gasteiger partial charge >= 0.3 is 0 Å². The van der Waals surface area contributed by atoms with Crippen LogP contribution in [0.5, 0.6) is 0 Å². The van der Waals surface area contributed by atoms with Crippen LogP contribution in [0.3, 0.4) is 0 Å². The molecule has 0 bridgehead atoms. The van der Waals surface area contributed by atoms with Gasteiger partial charge in [0.05, 0.1) is 6.10 Å². The molecule has 1 aliphatic heterocycles. The quantitative estimate of drug-likeness (QED) is 0.456. The van der Waals surface area contributed by atoms with E-state index in [4.69, 9.17) is 4.74 Å². The van der Waals surface area contributed by atoms with E-state index in [0.717, 1.165) is 13.0 Å². The first-order valence-electron chi connectivity index (χ1n) is 2.80. The van der Waals surface area contributed by atoms with Crippen molar-refractivity contribution in [1.82, 2.24) is 0 Å². The molecule has 1 unspecified atom stereocenters. The monoisotopic (exact) mass is 109 g/mol. The fourth-order valence-electron chi connectivity index (χ4n) is 0.632. The predicted octanol–water partition coefficient (Wildman–Crippen LogP) is 1.00. The van der Waals surface area contributed by atoms with E-state index >= 15 is 0 Å². The normalized spacial score (nSPS) is 25.4. The van der Waals surface area contributed by atoms with Gasteiger partial charge in [-0.15, -0.1) is 11.8 Å². The Morgan fingerprint density at radius 1 is 1.75 bits per heavy atom. The molecule has 8 heavy (non-hydrogen) atoms. The number of hydrogen-bond donors (Lipinski definition) is 0. The van der Waals surface area contributed by atoms with Crippen molar-refractivity contribution in [1.29, 1.82) is 0 Å². The molecule has 1 heterocycles. The van der Waals surface area contributed by atoms with Gasteiger partial charge in [-0.3, -0.25) is 0 Å². The zero-order valence-corrected chi connectivity index (χ0v) is 4.81. The van der Waals surface area contributed by atoms with E-state index in [1.54, 1.807) is 0 Å². The van der Waals surface area contributed by atoms with Gasteiger partial charge in [-0.2, -0.15) is 0 Å². The first-order chi connectivity index (χ1) is 3.93. The van der Waals surface area contributed by atoms with Crippen molar-refractivity contribution < 1.29 is 4.74 Å². The van der Waals surface area contributed by atoms with Gasteiger partial charge in [0.15, 0.2) is 0 Å². The summed E-state index contributed by atoms with van der Waals surface area (Å²) in [5.41, 5.74) is 0. The first-order valence-corrected chi connectivity index (χ1v) is 2.80. The Hall–Kier alpha value is -0.480. The highest BCUT2D eigenvalue weighted by Crippen LogP contribution is 2.13. The summed E-state index contributed by atoms with van der Waals surface area (Å²) in [6.45, 7) is 4.32. The molecule has 0 amide bonds. The maximum atomic E-state index is 5.10. The second-order valence-corrected chi connectivity index (χ2v) is 1.84. The van der Waals surface area contributed by atoms with E-state index in [9.17, 15) is 0 Å². The molecule has 0 saturated carbocycles. The van der Waals surface area contributed by atoms with E-state index in [1.165, 1.54) is 6.42 Å². The standard InChI is InChI=1S/C7H9O/c1-2-3-4-7-5-6-8-7/h7H,1,4-6H2. The molecule has 1 saturated heterocycles. The summed E-state index contributed by atoms with van der Waals surface area (Å²) >= 11 is 0. The van der Waals surface area contributed by atoms with E-state index in [1.807, 2.05) is 0 Å². The van der Waals surface area contributed by atoms with Crippen molar-refractivity contribution in [2.75, 3.05) is 6.61 Å². The highest BCUT2D eigenvalue weighted by atomic mass is 16.5. The molecule has 43 valence electrons. The van der Waals surface area contributed by atoms with Crippen molar-refractivity contribution in [2.45, 2.75) is 18.9 Å². The molecule has 0 N–H and O–H groups in total. The number of rotatable bonds is 1. The fraction of sp³-hybridized carbons (Fsp3) is 0.571. The third-order valence-corrected chi connectivity index (χ3v) is 1.25. The molecule has 0 aliphatic carbocycles. The lowest BCUT2D eigenvalue weighted by atomic mass is 10.1. The van der Waals surface area contributed by atoms with Crippen LogP contribution in [0.2, 0.25) is 0 Å². The maximum Gasteiger partial charge on any atom is 0.0706 e. The third kappa shape index (κ3) is 1.24. The lowest BCUT2D eigenvalue weighted by Gasteiger charge is -2.23. The van der Waals surface area contributed by atoms with Crippen LogP contribution in [0.1, 0.15) is 12.8 Å². The molecule has 1 fully saturated rings. The largest absolute Gasteiger partial charge is 0.377 e. The molecular weight excluding hydrogens is 100 g/mol. The van der Waals surface area contributed by atoms with Crippen LogP contribution >= 0.6 is 0 Å². The average Bonchev–Trinajstić information content (AvgIpc) is 1.63. The molecule has 0 aromatic rings. The number of ether oxygens (including phenoxy) is 1. The van der Waals surface area contributed by atoms with Crippen LogP contribution in [-0.2, 0) is 4.74 Å².